The maximum Gasteiger partial charge on any atom is 0.337 e. The fraction of sp³-hybridized carbons (Fsp3) is 0.412. The number of hydrogen-bond donors (Lipinski definition) is 1. The van der Waals surface area contributed by atoms with Crippen LogP contribution in [0.2, 0.25) is 0 Å². The van der Waals surface area contributed by atoms with Crippen LogP contribution in [-0.4, -0.2) is 38.9 Å². The SMILES string of the molecule is Cc1nc(C(C)C)sc1C(C)N(C)C(=O)c1cncc(C(=O)O)c1. The van der Waals surface area contributed by atoms with Gasteiger partial charge in [0.25, 0.3) is 5.91 Å². The zero-order valence-electron chi connectivity index (χ0n) is 14.4. The molecule has 0 aliphatic rings. The Labute approximate surface area is 145 Å². The molecule has 0 fully saturated rings. The number of aromatic carboxylic acids is 1. The van der Waals surface area contributed by atoms with Crippen molar-refractivity contribution in [3.63, 3.8) is 0 Å². The van der Waals surface area contributed by atoms with Crippen LogP contribution in [0.1, 0.15) is 69.0 Å². The molecule has 2 heterocycles. The third-order valence-corrected chi connectivity index (χ3v) is 5.48. The smallest absolute Gasteiger partial charge is 0.337 e. The molecule has 0 saturated heterocycles. The van der Waals surface area contributed by atoms with Gasteiger partial charge in [0, 0.05) is 30.2 Å². The van der Waals surface area contributed by atoms with Crippen molar-refractivity contribution in [3.8, 4) is 0 Å². The largest absolute Gasteiger partial charge is 0.478 e. The highest BCUT2D eigenvalue weighted by atomic mass is 32.1. The number of aryl methyl sites for hydroxylation is 1. The van der Waals surface area contributed by atoms with E-state index in [-0.39, 0.29) is 23.1 Å². The summed E-state index contributed by atoms with van der Waals surface area (Å²) in [6.45, 7) is 8.06. The molecule has 0 saturated carbocycles. The van der Waals surface area contributed by atoms with Crippen molar-refractivity contribution in [1.29, 1.82) is 0 Å². The van der Waals surface area contributed by atoms with Gasteiger partial charge in [-0.1, -0.05) is 13.8 Å². The van der Waals surface area contributed by atoms with Crippen molar-refractivity contribution < 1.29 is 14.7 Å². The van der Waals surface area contributed by atoms with Crippen LogP contribution < -0.4 is 0 Å². The number of pyridine rings is 1. The van der Waals surface area contributed by atoms with Crippen LogP contribution >= 0.6 is 11.3 Å². The summed E-state index contributed by atoms with van der Waals surface area (Å²) in [5, 5.41) is 10.1. The molecule has 128 valence electrons. The summed E-state index contributed by atoms with van der Waals surface area (Å²) in [7, 11) is 1.70. The van der Waals surface area contributed by atoms with Gasteiger partial charge in [0.05, 0.1) is 27.9 Å². The predicted octanol–water partition coefficient (Wildman–Crippen LogP) is 3.50. The van der Waals surface area contributed by atoms with Crippen molar-refractivity contribution in [3.05, 3.63) is 45.2 Å². The number of rotatable bonds is 5. The maximum atomic E-state index is 12.7. The van der Waals surface area contributed by atoms with Gasteiger partial charge < -0.3 is 10.0 Å². The Morgan fingerprint density at radius 2 is 1.83 bits per heavy atom. The van der Waals surface area contributed by atoms with Gasteiger partial charge in [-0.3, -0.25) is 9.78 Å². The molecule has 2 aromatic heterocycles. The van der Waals surface area contributed by atoms with Gasteiger partial charge in [-0.2, -0.15) is 0 Å². The van der Waals surface area contributed by atoms with E-state index in [1.54, 1.807) is 23.3 Å². The van der Waals surface area contributed by atoms with Crippen LogP contribution in [-0.2, 0) is 0 Å². The van der Waals surface area contributed by atoms with Crippen molar-refractivity contribution >= 4 is 23.2 Å². The number of nitrogens with zero attached hydrogens (tertiary/aromatic N) is 3. The van der Waals surface area contributed by atoms with Crippen molar-refractivity contribution in [2.75, 3.05) is 7.05 Å². The molecule has 0 aliphatic carbocycles. The van der Waals surface area contributed by atoms with E-state index in [1.807, 2.05) is 13.8 Å². The molecule has 6 nitrogen and oxygen atoms in total. The Bertz CT molecular complexity index is 770. The van der Waals surface area contributed by atoms with Crippen LogP contribution in [0.4, 0.5) is 0 Å². The molecule has 1 N–H and O–H groups in total. The average Bonchev–Trinajstić information content (AvgIpc) is 2.95. The molecule has 0 spiro atoms. The lowest BCUT2D eigenvalue weighted by molar-refractivity contribution is 0.0696. The molecule has 2 rings (SSSR count). The van der Waals surface area contributed by atoms with E-state index in [4.69, 9.17) is 5.11 Å². The second-order valence-electron chi connectivity index (χ2n) is 6.02. The molecule has 0 aromatic carbocycles. The molecule has 0 bridgehead atoms. The van der Waals surface area contributed by atoms with E-state index in [2.05, 4.69) is 23.8 Å². The summed E-state index contributed by atoms with van der Waals surface area (Å²) in [6, 6.07) is 1.19. The van der Waals surface area contributed by atoms with E-state index >= 15 is 0 Å². The molecule has 24 heavy (non-hydrogen) atoms. The summed E-state index contributed by atoms with van der Waals surface area (Å²) in [5.74, 6) is -1.03. The Morgan fingerprint density at radius 1 is 1.21 bits per heavy atom. The number of carbonyl (C=O) groups is 2. The average molecular weight is 347 g/mol. The van der Waals surface area contributed by atoms with Crippen LogP contribution in [0.15, 0.2) is 18.5 Å². The first-order valence-electron chi connectivity index (χ1n) is 7.65. The fourth-order valence-electron chi connectivity index (χ4n) is 2.29. The van der Waals surface area contributed by atoms with Crippen molar-refractivity contribution in [2.24, 2.45) is 0 Å². The molecule has 2 aromatic rings. The van der Waals surface area contributed by atoms with E-state index in [9.17, 15) is 9.59 Å². The summed E-state index contributed by atoms with van der Waals surface area (Å²) >= 11 is 1.61. The van der Waals surface area contributed by atoms with Gasteiger partial charge in [-0.05, 0) is 19.9 Å². The normalized spacial score (nSPS) is 12.2. The van der Waals surface area contributed by atoms with Gasteiger partial charge >= 0.3 is 5.97 Å². The molecule has 7 heteroatoms. The molecule has 1 amide bonds. The lowest BCUT2D eigenvalue weighted by Crippen LogP contribution is -2.29. The van der Waals surface area contributed by atoms with Gasteiger partial charge in [0.1, 0.15) is 0 Å². The molecule has 0 radical (unpaired) electrons. The highest BCUT2D eigenvalue weighted by molar-refractivity contribution is 7.11. The Hall–Kier alpha value is -2.28. The Morgan fingerprint density at radius 3 is 2.38 bits per heavy atom. The second kappa shape index (κ2) is 7.09. The number of aromatic nitrogens is 2. The van der Waals surface area contributed by atoms with Crippen molar-refractivity contribution in [2.45, 2.75) is 39.7 Å². The number of thiazole rings is 1. The van der Waals surface area contributed by atoms with Gasteiger partial charge in [-0.25, -0.2) is 9.78 Å². The van der Waals surface area contributed by atoms with Crippen LogP contribution in [0.25, 0.3) is 0 Å². The molecule has 0 aliphatic heterocycles. The maximum absolute atomic E-state index is 12.7. The molecule has 1 atom stereocenters. The quantitative estimate of drug-likeness (QED) is 0.895. The molecule has 1 unspecified atom stereocenters. The summed E-state index contributed by atoms with van der Waals surface area (Å²) < 4.78 is 0. The van der Waals surface area contributed by atoms with Crippen molar-refractivity contribution in [1.82, 2.24) is 14.9 Å². The lowest BCUT2D eigenvalue weighted by Gasteiger charge is -2.24. The van der Waals surface area contributed by atoms with Gasteiger partial charge in [0.2, 0.25) is 0 Å². The van der Waals surface area contributed by atoms with E-state index < -0.39 is 5.97 Å². The zero-order chi connectivity index (χ0) is 18.0. The Kier molecular flexibility index (Phi) is 5.33. The van der Waals surface area contributed by atoms with Crippen LogP contribution in [0.3, 0.4) is 0 Å². The standard InChI is InChI=1S/C17H21N3O3S/c1-9(2)15-19-10(3)14(24-15)11(4)20(5)16(21)12-6-13(17(22)23)8-18-7-12/h6-9,11H,1-5H3,(H,22,23). The third-order valence-electron chi connectivity index (χ3n) is 3.86. The molecular formula is C17H21N3O3S. The topological polar surface area (TPSA) is 83.4 Å². The first-order chi connectivity index (χ1) is 11.2. The lowest BCUT2D eigenvalue weighted by atomic mass is 10.1. The van der Waals surface area contributed by atoms with Crippen LogP contribution in [0.5, 0.6) is 0 Å². The summed E-state index contributed by atoms with van der Waals surface area (Å²) in [6.07, 6.45) is 2.61. The molecular weight excluding hydrogens is 326 g/mol. The minimum atomic E-state index is -1.10. The van der Waals surface area contributed by atoms with E-state index in [1.165, 1.54) is 18.5 Å². The highest BCUT2D eigenvalue weighted by Gasteiger charge is 2.24. The highest BCUT2D eigenvalue weighted by Crippen LogP contribution is 2.32. The third kappa shape index (κ3) is 3.62. The number of carbonyl (C=O) groups excluding carboxylic acids is 1. The first kappa shape index (κ1) is 18.1. The minimum Gasteiger partial charge on any atom is -0.478 e. The number of carboxylic acid groups (broad SMARTS) is 1. The zero-order valence-corrected chi connectivity index (χ0v) is 15.2. The summed E-state index contributed by atoms with van der Waals surface area (Å²) in [5.41, 5.74) is 1.18. The monoisotopic (exact) mass is 347 g/mol. The first-order valence-corrected chi connectivity index (χ1v) is 8.46. The number of amides is 1. The Balaban J connectivity index is 2.27. The van der Waals surface area contributed by atoms with Crippen LogP contribution in [0, 0.1) is 6.92 Å². The number of carboxylic acids is 1. The predicted molar refractivity (Wildman–Crippen MR) is 92.6 cm³/mol. The summed E-state index contributed by atoms with van der Waals surface area (Å²) in [4.78, 5) is 34.8. The van der Waals surface area contributed by atoms with E-state index in [0.29, 0.717) is 5.92 Å². The second-order valence-corrected chi connectivity index (χ2v) is 7.08. The minimum absolute atomic E-state index is 0.00188. The van der Waals surface area contributed by atoms with Gasteiger partial charge in [0.15, 0.2) is 0 Å². The van der Waals surface area contributed by atoms with Gasteiger partial charge in [-0.15, -0.1) is 11.3 Å². The fourth-order valence-corrected chi connectivity index (χ4v) is 3.46. The van der Waals surface area contributed by atoms with E-state index in [0.717, 1.165) is 15.6 Å². The number of hydrogen-bond acceptors (Lipinski definition) is 5.